The Bertz CT molecular complexity index is 887. The van der Waals surface area contributed by atoms with Crippen LogP contribution in [0.3, 0.4) is 0 Å². The number of aliphatic hydroxyl groups is 1. The number of benzene rings is 1. The number of anilines is 1. The number of nitrogens with zero attached hydrogens (tertiary/aromatic N) is 4. The fourth-order valence-corrected chi connectivity index (χ4v) is 3.09. The van der Waals surface area contributed by atoms with Crippen LogP contribution >= 0.6 is 0 Å². The lowest BCUT2D eigenvalue weighted by Crippen LogP contribution is -2.37. The van der Waals surface area contributed by atoms with Gasteiger partial charge in [-0.25, -0.2) is 9.50 Å². The van der Waals surface area contributed by atoms with Crippen molar-refractivity contribution in [1.82, 2.24) is 14.6 Å². The SMILES string of the molecule is COc1ccc(-c2nc(N3CCOCC3)c3cccn3n2)cc1CO. The lowest BCUT2D eigenvalue weighted by molar-refractivity contribution is 0.122. The standard InChI is InChI=1S/C18H20N4O3/c1-24-16-5-4-13(11-14(16)12-23)17-19-18(21-7-9-25-10-8-21)15-3-2-6-22(15)20-17/h2-6,11,23H,7-10,12H2,1H3. The van der Waals surface area contributed by atoms with E-state index in [4.69, 9.17) is 14.5 Å². The van der Waals surface area contributed by atoms with E-state index in [1.807, 2.05) is 41.0 Å². The van der Waals surface area contributed by atoms with Gasteiger partial charge in [0.25, 0.3) is 0 Å². The number of fused-ring (bicyclic) bond motifs is 1. The first kappa shape index (κ1) is 15.9. The molecule has 0 atom stereocenters. The van der Waals surface area contributed by atoms with Gasteiger partial charge in [-0.15, -0.1) is 5.10 Å². The van der Waals surface area contributed by atoms with Crippen LogP contribution in [0, 0.1) is 0 Å². The highest BCUT2D eigenvalue weighted by Crippen LogP contribution is 2.28. The molecule has 1 N–H and O–H groups in total. The van der Waals surface area contributed by atoms with Gasteiger partial charge >= 0.3 is 0 Å². The lowest BCUT2D eigenvalue weighted by Gasteiger charge is -2.28. The lowest BCUT2D eigenvalue weighted by atomic mass is 10.1. The molecule has 1 aromatic carbocycles. The molecule has 7 nitrogen and oxygen atoms in total. The Labute approximate surface area is 145 Å². The molecule has 1 aliphatic heterocycles. The highest BCUT2D eigenvalue weighted by atomic mass is 16.5. The number of morpholine rings is 1. The first-order valence-electron chi connectivity index (χ1n) is 8.26. The molecule has 0 saturated carbocycles. The van der Waals surface area contributed by atoms with Crippen molar-refractivity contribution < 1.29 is 14.6 Å². The van der Waals surface area contributed by atoms with Crippen molar-refractivity contribution in [2.75, 3.05) is 38.3 Å². The zero-order valence-electron chi connectivity index (χ0n) is 14.1. The van der Waals surface area contributed by atoms with Crippen LogP contribution in [-0.4, -0.2) is 53.1 Å². The summed E-state index contributed by atoms with van der Waals surface area (Å²) in [5, 5.41) is 14.2. The predicted octanol–water partition coefficient (Wildman–Crippen LogP) is 1.73. The van der Waals surface area contributed by atoms with Crippen LogP contribution in [0.5, 0.6) is 5.75 Å². The van der Waals surface area contributed by atoms with Gasteiger partial charge in [0.15, 0.2) is 11.6 Å². The number of hydrogen-bond acceptors (Lipinski definition) is 6. The minimum atomic E-state index is -0.0981. The van der Waals surface area contributed by atoms with Crippen molar-refractivity contribution in [3.8, 4) is 17.1 Å². The predicted molar refractivity (Wildman–Crippen MR) is 93.9 cm³/mol. The summed E-state index contributed by atoms with van der Waals surface area (Å²) >= 11 is 0. The van der Waals surface area contributed by atoms with E-state index in [1.165, 1.54) is 0 Å². The summed E-state index contributed by atoms with van der Waals surface area (Å²) in [7, 11) is 1.59. The second-order valence-electron chi connectivity index (χ2n) is 5.88. The Morgan fingerprint density at radius 1 is 1.24 bits per heavy atom. The fraction of sp³-hybridized carbons (Fsp3) is 0.333. The van der Waals surface area contributed by atoms with Crippen LogP contribution in [0.2, 0.25) is 0 Å². The summed E-state index contributed by atoms with van der Waals surface area (Å²) in [5.41, 5.74) is 2.53. The minimum Gasteiger partial charge on any atom is -0.496 e. The number of aliphatic hydroxyl groups excluding tert-OH is 1. The van der Waals surface area contributed by atoms with E-state index in [0.717, 1.165) is 30.0 Å². The number of ether oxygens (including phenoxy) is 2. The Hall–Kier alpha value is -2.64. The Morgan fingerprint density at radius 3 is 2.84 bits per heavy atom. The molecular formula is C18H20N4O3. The van der Waals surface area contributed by atoms with Gasteiger partial charge in [-0.2, -0.15) is 0 Å². The van der Waals surface area contributed by atoms with Gasteiger partial charge in [-0.1, -0.05) is 0 Å². The first-order valence-corrected chi connectivity index (χ1v) is 8.26. The van der Waals surface area contributed by atoms with Gasteiger partial charge in [-0.05, 0) is 30.3 Å². The molecule has 0 spiro atoms. The summed E-state index contributed by atoms with van der Waals surface area (Å²) in [6.45, 7) is 2.91. The second kappa shape index (κ2) is 6.70. The highest BCUT2D eigenvalue weighted by molar-refractivity contribution is 5.72. The molecule has 4 rings (SSSR count). The average Bonchev–Trinajstić information content (AvgIpc) is 3.16. The molecule has 7 heteroatoms. The third kappa shape index (κ3) is 2.92. The van der Waals surface area contributed by atoms with Gasteiger partial charge in [0.1, 0.15) is 11.3 Å². The first-order chi connectivity index (χ1) is 12.3. The smallest absolute Gasteiger partial charge is 0.182 e. The highest BCUT2D eigenvalue weighted by Gasteiger charge is 2.18. The van der Waals surface area contributed by atoms with Gasteiger partial charge in [0.2, 0.25) is 0 Å². The fourth-order valence-electron chi connectivity index (χ4n) is 3.09. The molecule has 130 valence electrons. The maximum Gasteiger partial charge on any atom is 0.182 e. The molecule has 1 aliphatic rings. The van der Waals surface area contributed by atoms with Crippen molar-refractivity contribution in [1.29, 1.82) is 0 Å². The molecule has 25 heavy (non-hydrogen) atoms. The molecular weight excluding hydrogens is 320 g/mol. The van der Waals surface area contributed by atoms with Gasteiger partial charge in [-0.3, -0.25) is 0 Å². The van der Waals surface area contributed by atoms with Crippen LogP contribution in [0.15, 0.2) is 36.5 Å². The topological polar surface area (TPSA) is 72.1 Å². The molecule has 1 saturated heterocycles. The van der Waals surface area contributed by atoms with Gasteiger partial charge in [0, 0.05) is 30.4 Å². The summed E-state index contributed by atoms with van der Waals surface area (Å²) < 4.78 is 12.6. The van der Waals surface area contributed by atoms with Crippen LogP contribution in [0.1, 0.15) is 5.56 Å². The van der Waals surface area contributed by atoms with E-state index in [-0.39, 0.29) is 6.61 Å². The van der Waals surface area contributed by atoms with E-state index in [0.29, 0.717) is 30.4 Å². The molecule has 0 bridgehead atoms. The van der Waals surface area contributed by atoms with Gasteiger partial charge < -0.3 is 19.5 Å². The zero-order chi connectivity index (χ0) is 17.2. The number of hydrogen-bond donors (Lipinski definition) is 1. The molecule has 1 fully saturated rings. The minimum absolute atomic E-state index is 0.0981. The summed E-state index contributed by atoms with van der Waals surface area (Å²) in [6, 6.07) is 9.59. The van der Waals surface area contributed by atoms with Crippen molar-refractivity contribution in [2.24, 2.45) is 0 Å². The zero-order valence-corrected chi connectivity index (χ0v) is 14.1. The number of rotatable bonds is 4. The Kier molecular flexibility index (Phi) is 4.25. The molecule has 3 heterocycles. The van der Waals surface area contributed by atoms with Crippen molar-refractivity contribution >= 4 is 11.3 Å². The number of aromatic nitrogens is 3. The van der Waals surface area contributed by atoms with E-state index >= 15 is 0 Å². The maximum absolute atomic E-state index is 9.57. The summed E-state index contributed by atoms with van der Waals surface area (Å²) in [6.07, 6.45) is 1.92. The van der Waals surface area contributed by atoms with E-state index < -0.39 is 0 Å². The monoisotopic (exact) mass is 340 g/mol. The van der Waals surface area contributed by atoms with Crippen molar-refractivity contribution in [3.05, 3.63) is 42.1 Å². The third-order valence-corrected chi connectivity index (χ3v) is 4.39. The molecule has 0 amide bonds. The maximum atomic E-state index is 9.57. The molecule has 2 aromatic heterocycles. The second-order valence-corrected chi connectivity index (χ2v) is 5.88. The number of methoxy groups -OCH3 is 1. The normalized spacial score (nSPS) is 14.9. The quantitative estimate of drug-likeness (QED) is 0.780. The Balaban J connectivity index is 1.82. The van der Waals surface area contributed by atoms with Crippen LogP contribution < -0.4 is 9.64 Å². The molecule has 0 unspecified atom stereocenters. The summed E-state index contributed by atoms with van der Waals surface area (Å²) in [4.78, 5) is 7.04. The Morgan fingerprint density at radius 2 is 2.08 bits per heavy atom. The molecule has 0 aliphatic carbocycles. The van der Waals surface area contributed by atoms with Crippen molar-refractivity contribution in [2.45, 2.75) is 6.61 Å². The summed E-state index contributed by atoms with van der Waals surface area (Å²) in [5.74, 6) is 2.17. The van der Waals surface area contributed by atoms with E-state index in [1.54, 1.807) is 7.11 Å². The third-order valence-electron chi connectivity index (χ3n) is 4.39. The molecule has 3 aromatic rings. The van der Waals surface area contributed by atoms with E-state index in [2.05, 4.69) is 10.00 Å². The molecule has 0 radical (unpaired) electrons. The van der Waals surface area contributed by atoms with E-state index in [9.17, 15) is 5.11 Å². The van der Waals surface area contributed by atoms with Crippen LogP contribution in [-0.2, 0) is 11.3 Å². The largest absolute Gasteiger partial charge is 0.496 e. The van der Waals surface area contributed by atoms with Crippen LogP contribution in [0.25, 0.3) is 16.9 Å². The van der Waals surface area contributed by atoms with Crippen molar-refractivity contribution in [3.63, 3.8) is 0 Å². The van der Waals surface area contributed by atoms with Crippen LogP contribution in [0.4, 0.5) is 5.82 Å². The van der Waals surface area contributed by atoms with Gasteiger partial charge in [0.05, 0.1) is 26.9 Å². The average molecular weight is 340 g/mol.